The molecule has 0 aromatic heterocycles. The van der Waals surface area contributed by atoms with Crippen molar-refractivity contribution in [2.45, 2.75) is 6.42 Å². The minimum Gasteiger partial charge on any atom is -0.493 e. The number of anilines is 1. The number of benzene rings is 1. The SMILES string of the molecule is COc1cc(N2CCC(C(=O)O)C2)c([N+](=O)[O-])cc1OC. The first-order valence-electron chi connectivity index (χ1n) is 6.36. The van der Waals surface area contributed by atoms with Crippen LogP contribution in [0.2, 0.25) is 0 Å². The summed E-state index contributed by atoms with van der Waals surface area (Å²) in [6, 6.07) is 2.81. The van der Waals surface area contributed by atoms with E-state index in [1.54, 1.807) is 4.90 Å². The van der Waals surface area contributed by atoms with Gasteiger partial charge in [-0.1, -0.05) is 0 Å². The van der Waals surface area contributed by atoms with E-state index < -0.39 is 16.8 Å². The molecule has 0 saturated carbocycles. The number of carbonyl (C=O) groups is 1. The van der Waals surface area contributed by atoms with E-state index in [1.165, 1.54) is 26.4 Å². The van der Waals surface area contributed by atoms with Gasteiger partial charge >= 0.3 is 5.97 Å². The number of carboxylic acids is 1. The third kappa shape index (κ3) is 2.83. The van der Waals surface area contributed by atoms with Crippen molar-refractivity contribution < 1.29 is 24.3 Å². The van der Waals surface area contributed by atoms with Crippen molar-refractivity contribution >= 4 is 17.3 Å². The van der Waals surface area contributed by atoms with Crippen molar-refractivity contribution in [3.05, 3.63) is 22.2 Å². The summed E-state index contributed by atoms with van der Waals surface area (Å²) in [5.41, 5.74) is 0.222. The Labute approximate surface area is 121 Å². The van der Waals surface area contributed by atoms with Gasteiger partial charge in [0.1, 0.15) is 5.69 Å². The van der Waals surface area contributed by atoms with Gasteiger partial charge in [-0.15, -0.1) is 0 Å². The van der Waals surface area contributed by atoms with Gasteiger partial charge in [-0.3, -0.25) is 14.9 Å². The third-order valence-electron chi connectivity index (χ3n) is 3.56. The minimum atomic E-state index is -0.888. The Hall–Kier alpha value is -2.51. The fourth-order valence-electron chi connectivity index (χ4n) is 2.44. The Balaban J connectivity index is 2.42. The molecule has 1 aromatic carbocycles. The number of aliphatic carboxylic acids is 1. The number of ether oxygens (including phenoxy) is 2. The summed E-state index contributed by atoms with van der Waals surface area (Å²) in [5, 5.41) is 20.3. The van der Waals surface area contributed by atoms with Gasteiger partial charge in [0.25, 0.3) is 5.69 Å². The van der Waals surface area contributed by atoms with Crippen LogP contribution < -0.4 is 14.4 Å². The summed E-state index contributed by atoms with van der Waals surface area (Å²) in [6.45, 7) is 0.693. The molecule has 1 N–H and O–H groups in total. The summed E-state index contributed by atoms with van der Waals surface area (Å²) < 4.78 is 10.2. The highest BCUT2D eigenvalue weighted by atomic mass is 16.6. The Morgan fingerprint density at radius 3 is 2.48 bits per heavy atom. The van der Waals surface area contributed by atoms with Gasteiger partial charge < -0.3 is 19.5 Å². The maximum absolute atomic E-state index is 11.2. The molecule has 114 valence electrons. The number of methoxy groups -OCH3 is 2. The second-order valence-corrected chi connectivity index (χ2v) is 4.72. The molecule has 8 nitrogen and oxygen atoms in total. The summed E-state index contributed by atoms with van der Waals surface area (Å²) in [4.78, 5) is 23.4. The molecule has 0 spiro atoms. The third-order valence-corrected chi connectivity index (χ3v) is 3.56. The number of nitro benzene ring substituents is 1. The summed E-state index contributed by atoms with van der Waals surface area (Å²) in [6.07, 6.45) is 0.459. The highest BCUT2D eigenvalue weighted by molar-refractivity contribution is 5.75. The Morgan fingerprint density at radius 2 is 2.00 bits per heavy atom. The van der Waals surface area contributed by atoms with Crippen LogP contribution >= 0.6 is 0 Å². The van der Waals surface area contributed by atoms with Crippen molar-refractivity contribution in [3.8, 4) is 11.5 Å². The molecule has 1 fully saturated rings. The number of rotatable bonds is 5. The lowest BCUT2D eigenvalue weighted by molar-refractivity contribution is -0.384. The number of hydrogen-bond donors (Lipinski definition) is 1. The molecule has 0 radical (unpaired) electrons. The predicted molar refractivity (Wildman–Crippen MR) is 74.2 cm³/mol. The van der Waals surface area contributed by atoms with Crippen LogP contribution in [0, 0.1) is 16.0 Å². The molecule has 0 amide bonds. The lowest BCUT2D eigenvalue weighted by Crippen LogP contribution is -2.23. The molecule has 21 heavy (non-hydrogen) atoms. The number of hydrogen-bond acceptors (Lipinski definition) is 6. The van der Waals surface area contributed by atoms with Crippen molar-refractivity contribution in [2.24, 2.45) is 5.92 Å². The molecule has 1 heterocycles. The van der Waals surface area contributed by atoms with E-state index in [-0.39, 0.29) is 18.0 Å². The lowest BCUT2D eigenvalue weighted by Gasteiger charge is -2.19. The fourth-order valence-corrected chi connectivity index (χ4v) is 2.44. The lowest BCUT2D eigenvalue weighted by atomic mass is 10.1. The zero-order valence-corrected chi connectivity index (χ0v) is 11.7. The number of nitrogens with zero attached hydrogens (tertiary/aromatic N) is 2. The molecule has 1 atom stereocenters. The zero-order chi connectivity index (χ0) is 15.6. The Morgan fingerprint density at radius 1 is 1.38 bits per heavy atom. The molecular formula is C13H16N2O6. The van der Waals surface area contributed by atoms with Gasteiger partial charge in [-0.05, 0) is 6.42 Å². The second kappa shape index (κ2) is 5.86. The van der Waals surface area contributed by atoms with Crippen LogP contribution in [0.4, 0.5) is 11.4 Å². The molecule has 8 heteroatoms. The van der Waals surface area contributed by atoms with Gasteiger partial charge in [0.05, 0.1) is 31.1 Å². The summed E-state index contributed by atoms with van der Waals surface area (Å²) in [7, 11) is 2.84. The van der Waals surface area contributed by atoms with E-state index in [4.69, 9.17) is 14.6 Å². The number of carboxylic acid groups (broad SMARTS) is 1. The average Bonchev–Trinajstić information content (AvgIpc) is 2.95. The van der Waals surface area contributed by atoms with Gasteiger partial charge in [-0.2, -0.15) is 0 Å². The van der Waals surface area contributed by atoms with Crippen molar-refractivity contribution in [2.75, 3.05) is 32.2 Å². The van der Waals surface area contributed by atoms with Crippen LogP contribution in [0.1, 0.15) is 6.42 Å². The highest BCUT2D eigenvalue weighted by Gasteiger charge is 2.32. The van der Waals surface area contributed by atoms with Crippen LogP contribution in [0.3, 0.4) is 0 Å². The van der Waals surface area contributed by atoms with Gasteiger partial charge in [0, 0.05) is 19.2 Å². The van der Waals surface area contributed by atoms with Gasteiger partial charge in [-0.25, -0.2) is 0 Å². The van der Waals surface area contributed by atoms with Gasteiger partial charge in [0.2, 0.25) is 0 Å². The molecule has 1 aliphatic heterocycles. The van der Waals surface area contributed by atoms with E-state index in [0.717, 1.165) is 0 Å². The molecule has 2 rings (SSSR count). The standard InChI is InChI=1S/C13H16N2O6/c1-20-11-5-9(10(15(18)19)6-12(11)21-2)14-4-3-8(7-14)13(16)17/h5-6,8H,3-4,7H2,1-2H3,(H,16,17). The van der Waals surface area contributed by atoms with Crippen molar-refractivity contribution in [3.63, 3.8) is 0 Å². The van der Waals surface area contributed by atoms with Crippen LogP contribution in [-0.2, 0) is 4.79 Å². The smallest absolute Gasteiger partial charge is 0.308 e. The Bertz CT molecular complexity index is 574. The molecule has 1 aliphatic rings. The molecule has 0 bridgehead atoms. The Kier molecular flexibility index (Phi) is 4.15. The minimum absolute atomic E-state index is 0.126. The highest BCUT2D eigenvalue weighted by Crippen LogP contribution is 2.41. The fraction of sp³-hybridized carbons (Fsp3) is 0.462. The molecule has 1 saturated heterocycles. The first kappa shape index (κ1) is 14.9. The van der Waals surface area contributed by atoms with E-state index >= 15 is 0 Å². The van der Waals surface area contributed by atoms with E-state index in [0.29, 0.717) is 24.4 Å². The molecular weight excluding hydrogens is 280 g/mol. The molecule has 1 unspecified atom stereocenters. The van der Waals surface area contributed by atoms with E-state index in [1.807, 2.05) is 0 Å². The molecule has 0 aliphatic carbocycles. The van der Waals surface area contributed by atoms with Gasteiger partial charge in [0.15, 0.2) is 11.5 Å². The normalized spacial score (nSPS) is 17.6. The van der Waals surface area contributed by atoms with Crippen LogP contribution in [0.25, 0.3) is 0 Å². The average molecular weight is 296 g/mol. The first-order valence-corrected chi connectivity index (χ1v) is 6.36. The summed E-state index contributed by atoms with van der Waals surface area (Å²) in [5.74, 6) is -0.767. The maximum Gasteiger partial charge on any atom is 0.308 e. The summed E-state index contributed by atoms with van der Waals surface area (Å²) >= 11 is 0. The van der Waals surface area contributed by atoms with Crippen LogP contribution in [0.5, 0.6) is 11.5 Å². The van der Waals surface area contributed by atoms with Crippen molar-refractivity contribution in [1.29, 1.82) is 0 Å². The second-order valence-electron chi connectivity index (χ2n) is 4.72. The first-order chi connectivity index (χ1) is 9.97. The maximum atomic E-state index is 11.2. The predicted octanol–water partition coefficient (Wildman–Crippen LogP) is 1.52. The monoisotopic (exact) mass is 296 g/mol. The quantitative estimate of drug-likeness (QED) is 0.649. The van der Waals surface area contributed by atoms with Crippen molar-refractivity contribution in [1.82, 2.24) is 0 Å². The zero-order valence-electron chi connectivity index (χ0n) is 11.7. The van der Waals surface area contributed by atoms with Crippen LogP contribution in [0.15, 0.2) is 12.1 Å². The molecule has 1 aromatic rings. The van der Waals surface area contributed by atoms with E-state index in [9.17, 15) is 14.9 Å². The van der Waals surface area contributed by atoms with E-state index in [2.05, 4.69) is 0 Å². The van der Waals surface area contributed by atoms with Crippen LogP contribution in [-0.4, -0.2) is 43.3 Å². The topological polar surface area (TPSA) is 102 Å². The number of nitro groups is 1. The largest absolute Gasteiger partial charge is 0.493 e.